The number of halogens is 1. The Kier molecular flexibility index (Phi) is 4.77. The quantitative estimate of drug-likeness (QED) is 0.828. The molecule has 0 saturated carbocycles. The van der Waals surface area contributed by atoms with Gasteiger partial charge in [-0.15, -0.1) is 0 Å². The fourth-order valence-corrected chi connectivity index (χ4v) is 5.73. The fraction of sp³-hybridized carbons (Fsp3) is 0.529. The lowest BCUT2D eigenvalue weighted by molar-refractivity contribution is 0.0984. The second-order valence-electron chi connectivity index (χ2n) is 7.04. The van der Waals surface area contributed by atoms with Crippen molar-refractivity contribution in [3.05, 3.63) is 39.4 Å². The van der Waals surface area contributed by atoms with Crippen LogP contribution >= 0.6 is 11.6 Å². The number of aromatic amines is 1. The summed E-state index contributed by atoms with van der Waals surface area (Å²) in [6.07, 6.45) is 0.739. The number of hydrogen-bond acceptors (Lipinski definition) is 6. The molecule has 1 atom stereocenters. The monoisotopic (exact) mass is 396 g/mol. The third-order valence-electron chi connectivity index (χ3n) is 5.22. The summed E-state index contributed by atoms with van der Waals surface area (Å²) in [5.74, 6) is 1.22. The van der Waals surface area contributed by atoms with Crippen molar-refractivity contribution in [2.24, 2.45) is 0 Å². The molecule has 7 nitrogen and oxygen atoms in total. The second-order valence-corrected chi connectivity index (χ2v) is 9.71. The van der Waals surface area contributed by atoms with Crippen LogP contribution in [0.4, 0.5) is 0 Å². The largest absolute Gasteiger partial charge is 0.309 e. The van der Waals surface area contributed by atoms with Crippen molar-refractivity contribution in [3.63, 3.8) is 0 Å². The number of benzene rings is 1. The van der Waals surface area contributed by atoms with E-state index in [0.29, 0.717) is 34.0 Å². The van der Waals surface area contributed by atoms with Crippen LogP contribution in [0.3, 0.4) is 0 Å². The highest BCUT2D eigenvalue weighted by Crippen LogP contribution is 2.20. The van der Waals surface area contributed by atoms with Crippen molar-refractivity contribution >= 4 is 32.3 Å². The minimum absolute atomic E-state index is 0.155. The third kappa shape index (κ3) is 3.78. The Balaban J connectivity index is 1.42. The predicted molar refractivity (Wildman–Crippen MR) is 101 cm³/mol. The van der Waals surface area contributed by atoms with Crippen LogP contribution in [0.2, 0.25) is 5.02 Å². The van der Waals surface area contributed by atoms with Crippen molar-refractivity contribution in [1.82, 2.24) is 19.8 Å². The van der Waals surface area contributed by atoms with Gasteiger partial charge < -0.3 is 4.98 Å². The van der Waals surface area contributed by atoms with Crippen molar-refractivity contribution in [2.75, 3.05) is 37.7 Å². The first kappa shape index (κ1) is 17.9. The van der Waals surface area contributed by atoms with Crippen LogP contribution in [0.15, 0.2) is 23.0 Å². The Labute approximate surface area is 156 Å². The van der Waals surface area contributed by atoms with Crippen molar-refractivity contribution in [1.29, 1.82) is 0 Å². The van der Waals surface area contributed by atoms with E-state index in [1.165, 1.54) is 0 Å². The number of nitrogens with one attached hydrogen (secondary N) is 1. The zero-order chi connectivity index (χ0) is 18.3. The van der Waals surface area contributed by atoms with Crippen molar-refractivity contribution < 1.29 is 8.42 Å². The number of H-pyrrole nitrogens is 1. The molecular weight excluding hydrogens is 376 g/mol. The summed E-state index contributed by atoms with van der Waals surface area (Å²) < 4.78 is 23.3. The van der Waals surface area contributed by atoms with E-state index >= 15 is 0 Å². The predicted octanol–water partition coefficient (Wildman–Crippen LogP) is 0.881. The second kappa shape index (κ2) is 6.92. The van der Waals surface area contributed by atoms with E-state index in [2.05, 4.69) is 19.8 Å². The molecule has 0 amide bonds. The van der Waals surface area contributed by atoms with E-state index in [9.17, 15) is 13.2 Å². The maximum absolute atomic E-state index is 12.2. The van der Waals surface area contributed by atoms with E-state index in [1.54, 1.807) is 18.2 Å². The lowest BCUT2D eigenvalue weighted by atomic mass is 10.2. The number of piperazine rings is 1. The van der Waals surface area contributed by atoms with Gasteiger partial charge in [-0.05, 0) is 24.6 Å². The van der Waals surface area contributed by atoms with Gasteiger partial charge in [0, 0.05) is 37.2 Å². The molecule has 0 unspecified atom stereocenters. The maximum atomic E-state index is 12.2. The first-order chi connectivity index (χ1) is 12.4. The van der Waals surface area contributed by atoms with Gasteiger partial charge in [-0.25, -0.2) is 13.4 Å². The highest BCUT2D eigenvalue weighted by molar-refractivity contribution is 7.91. The Hall–Kier alpha value is -1.48. The molecule has 9 heteroatoms. The summed E-state index contributed by atoms with van der Waals surface area (Å²) in [4.78, 5) is 24.1. The van der Waals surface area contributed by atoms with Gasteiger partial charge in [-0.3, -0.25) is 14.6 Å². The zero-order valence-corrected chi connectivity index (χ0v) is 15.9. The Morgan fingerprint density at radius 3 is 2.69 bits per heavy atom. The number of sulfone groups is 1. The normalized spacial score (nSPS) is 24.3. The molecule has 3 heterocycles. The SMILES string of the molecule is O=c1[nH]c(CN2CCN([C@@H]3CCS(=O)(=O)C3)CC2)nc2cc(Cl)ccc12. The van der Waals surface area contributed by atoms with Gasteiger partial charge in [-0.1, -0.05) is 11.6 Å². The Morgan fingerprint density at radius 1 is 1.23 bits per heavy atom. The molecule has 2 aliphatic rings. The number of aromatic nitrogens is 2. The summed E-state index contributed by atoms with van der Waals surface area (Å²) in [5, 5.41) is 1.09. The van der Waals surface area contributed by atoms with Gasteiger partial charge in [-0.2, -0.15) is 0 Å². The van der Waals surface area contributed by atoms with Crippen LogP contribution in [0.25, 0.3) is 10.9 Å². The van der Waals surface area contributed by atoms with Crippen molar-refractivity contribution in [2.45, 2.75) is 19.0 Å². The average molecular weight is 397 g/mol. The van der Waals surface area contributed by atoms with Crippen molar-refractivity contribution in [3.8, 4) is 0 Å². The van der Waals surface area contributed by atoms with Gasteiger partial charge in [0.2, 0.25) is 0 Å². The molecule has 0 bridgehead atoms. The molecule has 1 aromatic carbocycles. The molecule has 2 saturated heterocycles. The molecule has 1 aromatic heterocycles. The number of rotatable bonds is 3. The number of hydrogen-bond donors (Lipinski definition) is 1. The van der Waals surface area contributed by atoms with E-state index in [1.807, 2.05) is 0 Å². The standard InChI is InChI=1S/C17H21ClN4O3S/c18-12-1-2-14-15(9-12)19-16(20-17(14)23)10-21-4-6-22(7-5-21)13-3-8-26(24,25)11-13/h1-2,9,13H,3-8,10-11H2,(H,19,20,23)/t13-/m1/s1. The summed E-state index contributed by atoms with van der Waals surface area (Å²) in [6, 6.07) is 5.22. The molecule has 2 aliphatic heterocycles. The summed E-state index contributed by atoms with van der Waals surface area (Å²) >= 11 is 6.00. The molecule has 0 radical (unpaired) electrons. The third-order valence-corrected chi connectivity index (χ3v) is 7.21. The molecular formula is C17H21ClN4O3S. The summed E-state index contributed by atoms with van der Waals surface area (Å²) in [7, 11) is -2.85. The summed E-state index contributed by atoms with van der Waals surface area (Å²) in [5.41, 5.74) is 0.447. The van der Waals surface area contributed by atoms with Gasteiger partial charge in [0.15, 0.2) is 9.84 Å². The molecule has 140 valence electrons. The van der Waals surface area contributed by atoms with Crippen LogP contribution in [-0.2, 0) is 16.4 Å². The summed E-state index contributed by atoms with van der Waals surface area (Å²) in [6.45, 7) is 3.89. The molecule has 1 N–H and O–H groups in total. The fourth-order valence-electron chi connectivity index (χ4n) is 3.80. The van der Waals surface area contributed by atoms with Gasteiger partial charge in [0.05, 0.1) is 29.0 Å². The molecule has 2 fully saturated rings. The smallest absolute Gasteiger partial charge is 0.258 e. The molecule has 2 aromatic rings. The van der Waals surface area contributed by atoms with E-state index in [-0.39, 0.29) is 17.4 Å². The van der Waals surface area contributed by atoms with Crippen LogP contribution in [0.5, 0.6) is 0 Å². The minimum Gasteiger partial charge on any atom is -0.309 e. The number of nitrogens with zero attached hydrogens (tertiary/aromatic N) is 3. The Bertz CT molecular complexity index is 983. The van der Waals surface area contributed by atoms with E-state index in [4.69, 9.17) is 11.6 Å². The van der Waals surface area contributed by atoms with Crippen LogP contribution in [0, 0.1) is 0 Å². The lowest BCUT2D eigenvalue weighted by Gasteiger charge is -2.37. The molecule has 0 aliphatic carbocycles. The average Bonchev–Trinajstić information content (AvgIpc) is 2.95. The maximum Gasteiger partial charge on any atom is 0.258 e. The van der Waals surface area contributed by atoms with Crippen LogP contribution in [0.1, 0.15) is 12.2 Å². The zero-order valence-electron chi connectivity index (χ0n) is 14.3. The van der Waals surface area contributed by atoms with Gasteiger partial charge >= 0.3 is 0 Å². The highest BCUT2D eigenvalue weighted by atomic mass is 35.5. The highest BCUT2D eigenvalue weighted by Gasteiger charge is 2.33. The topological polar surface area (TPSA) is 86.4 Å². The van der Waals surface area contributed by atoms with E-state index in [0.717, 1.165) is 32.6 Å². The minimum atomic E-state index is -2.85. The molecule has 26 heavy (non-hydrogen) atoms. The van der Waals surface area contributed by atoms with Crippen LogP contribution in [-0.4, -0.2) is 71.9 Å². The number of fused-ring (bicyclic) bond motifs is 1. The first-order valence-corrected chi connectivity index (χ1v) is 10.9. The molecule has 0 spiro atoms. The first-order valence-electron chi connectivity index (χ1n) is 8.75. The van der Waals surface area contributed by atoms with E-state index < -0.39 is 9.84 Å². The molecule has 4 rings (SSSR count). The van der Waals surface area contributed by atoms with Gasteiger partial charge in [0.1, 0.15) is 5.82 Å². The van der Waals surface area contributed by atoms with Gasteiger partial charge in [0.25, 0.3) is 5.56 Å². The lowest BCUT2D eigenvalue weighted by Crippen LogP contribution is -2.50. The Morgan fingerprint density at radius 2 is 2.00 bits per heavy atom. The van der Waals surface area contributed by atoms with Crippen LogP contribution < -0.4 is 5.56 Å².